The van der Waals surface area contributed by atoms with E-state index >= 15 is 0 Å². The lowest BCUT2D eigenvalue weighted by atomic mass is 10.1. The number of rotatable bonds is 1. The molecule has 96 valence electrons. The fourth-order valence-corrected chi connectivity index (χ4v) is 2.54. The molecule has 1 saturated heterocycles. The molecule has 0 aliphatic carbocycles. The van der Waals surface area contributed by atoms with Crippen molar-refractivity contribution in [3.8, 4) is 6.07 Å². The zero-order valence-electron chi connectivity index (χ0n) is 10.7. The lowest BCUT2D eigenvalue weighted by molar-refractivity contribution is 0.499. The molecule has 0 bridgehead atoms. The van der Waals surface area contributed by atoms with Gasteiger partial charge < -0.3 is 10.6 Å². The van der Waals surface area contributed by atoms with Crippen LogP contribution in [-0.2, 0) is 0 Å². The molecule has 0 saturated carbocycles. The van der Waals surface area contributed by atoms with E-state index in [1.165, 1.54) is 0 Å². The van der Waals surface area contributed by atoms with Gasteiger partial charge in [0.2, 0.25) is 0 Å². The first-order chi connectivity index (χ1) is 9.28. The van der Waals surface area contributed by atoms with E-state index in [4.69, 9.17) is 5.73 Å². The lowest BCUT2D eigenvalue weighted by Gasteiger charge is -2.31. The summed E-state index contributed by atoms with van der Waals surface area (Å²) in [6.45, 7) is 1.75. The highest BCUT2D eigenvalue weighted by Gasteiger charge is 2.20. The van der Waals surface area contributed by atoms with Gasteiger partial charge in [-0.2, -0.15) is 5.26 Å². The van der Waals surface area contributed by atoms with Gasteiger partial charge >= 0.3 is 0 Å². The molecule has 0 unspecified atom stereocenters. The van der Waals surface area contributed by atoms with Crippen molar-refractivity contribution in [3.63, 3.8) is 0 Å². The van der Waals surface area contributed by atoms with Gasteiger partial charge in [-0.1, -0.05) is 18.2 Å². The molecule has 3 rings (SSSR count). The molecule has 1 aliphatic heterocycles. The first kappa shape index (κ1) is 11.9. The Morgan fingerprint density at radius 3 is 2.74 bits per heavy atom. The van der Waals surface area contributed by atoms with Crippen LogP contribution in [0.2, 0.25) is 0 Å². The van der Waals surface area contributed by atoms with E-state index in [0.717, 1.165) is 42.7 Å². The third-order valence-corrected chi connectivity index (χ3v) is 3.66. The summed E-state index contributed by atoms with van der Waals surface area (Å²) >= 11 is 0. The predicted octanol–water partition coefficient (Wildman–Crippen LogP) is 2.03. The number of hydrogen-bond donors (Lipinski definition) is 1. The van der Waals surface area contributed by atoms with Gasteiger partial charge in [0.25, 0.3) is 0 Å². The topological polar surface area (TPSA) is 65.9 Å². The highest BCUT2D eigenvalue weighted by Crippen LogP contribution is 2.25. The Morgan fingerprint density at radius 2 is 2.00 bits per heavy atom. The number of para-hydroxylation sites is 1. The van der Waals surface area contributed by atoms with E-state index < -0.39 is 0 Å². The Balaban J connectivity index is 2.04. The molecule has 0 amide bonds. The van der Waals surface area contributed by atoms with E-state index in [2.05, 4.69) is 16.0 Å². The van der Waals surface area contributed by atoms with Gasteiger partial charge in [-0.3, -0.25) is 0 Å². The smallest absolute Gasteiger partial charge is 0.147 e. The van der Waals surface area contributed by atoms with Crippen LogP contribution in [0.4, 0.5) is 5.82 Å². The molecule has 1 aliphatic rings. The zero-order valence-corrected chi connectivity index (χ0v) is 10.7. The quantitative estimate of drug-likeness (QED) is 0.843. The standard InChI is InChI=1S/C15H16N4/c16-10-12-9-11-3-1-2-4-14(11)18-15(12)19-7-5-13(17)6-8-19/h1-4,9,13H,5-8,17H2. The molecule has 2 N–H and O–H groups in total. The normalized spacial score (nSPS) is 16.5. The summed E-state index contributed by atoms with van der Waals surface area (Å²) in [6, 6.07) is 12.4. The highest BCUT2D eigenvalue weighted by atomic mass is 15.2. The third kappa shape index (κ3) is 2.25. The van der Waals surface area contributed by atoms with Crippen LogP contribution in [-0.4, -0.2) is 24.1 Å². The minimum Gasteiger partial charge on any atom is -0.355 e. The second-order valence-electron chi connectivity index (χ2n) is 4.99. The van der Waals surface area contributed by atoms with Crippen molar-refractivity contribution in [2.24, 2.45) is 5.73 Å². The van der Waals surface area contributed by atoms with Gasteiger partial charge in [0.05, 0.1) is 11.1 Å². The maximum Gasteiger partial charge on any atom is 0.147 e. The van der Waals surface area contributed by atoms with E-state index in [1.54, 1.807) is 0 Å². The minimum atomic E-state index is 0.280. The number of nitriles is 1. The SMILES string of the molecule is N#Cc1cc2ccccc2nc1N1CCC(N)CC1. The Kier molecular flexibility index (Phi) is 3.06. The van der Waals surface area contributed by atoms with E-state index in [0.29, 0.717) is 5.56 Å². The largest absolute Gasteiger partial charge is 0.355 e. The number of fused-ring (bicyclic) bond motifs is 1. The summed E-state index contributed by atoms with van der Waals surface area (Å²) in [4.78, 5) is 6.83. The van der Waals surface area contributed by atoms with Crippen molar-refractivity contribution >= 4 is 16.7 Å². The summed E-state index contributed by atoms with van der Waals surface area (Å²) in [6.07, 6.45) is 1.92. The molecular formula is C15H16N4. The van der Waals surface area contributed by atoms with Crippen LogP contribution < -0.4 is 10.6 Å². The van der Waals surface area contributed by atoms with Crippen molar-refractivity contribution < 1.29 is 0 Å². The van der Waals surface area contributed by atoms with Crippen molar-refractivity contribution in [3.05, 3.63) is 35.9 Å². The molecule has 0 radical (unpaired) electrons. The van der Waals surface area contributed by atoms with E-state index in [1.807, 2.05) is 30.3 Å². The third-order valence-electron chi connectivity index (χ3n) is 3.66. The number of pyridine rings is 1. The van der Waals surface area contributed by atoms with Crippen LogP contribution in [0, 0.1) is 11.3 Å². The number of anilines is 1. The molecule has 4 nitrogen and oxygen atoms in total. The van der Waals surface area contributed by atoms with Crippen molar-refractivity contribution in [2.75, 3.05) is 18.0 Å². The van der Waals surface area contributed by atoms with Gasteiger partial charge in [0.15, 0.2) is 0 Å². The fourth-order valence-electron chi connectivity index (χ4n) is 2.54. The first-order valence-corrected chi connectivity index (χ1v) is 6.58. The molecule has 1 aromatic heterocycles. The number of hydrogen-bond acceptors (Lipinski definition) is 4. The Hall–Kier alpha value is -2.12. The molecule has 1 aromatic carbocycles. The molecule has 0 spiro atoms. The molecular weight excluding hydrogens is 236 g/mol. The molecule has 2 aromatic rings. The number of aromatic nitrogens is 1. The van der Waals surface area contributed by atoms with Crippen LogP contribution in [0.25, 0.3) is 10.9 Å². The fraction of sp³-hybridized carbons (Fsp3) is 0.333. The maximum atomic E-state index is 9.32. The lowest BCUT2D eigenvalue weighted by Crippen LogP contribution is -2.40. The second-order valence-corrected chi connectivity index (χ2v) is 4.99. The molecule has 19 heavy (non-hydrogen) atoms. The van der Waals surface area contributed by atoms with E-state index in [9.17, 15) is 5.26 Å². The summed E-state index contributed by atoms with van der Waals surface area (Å²) in [7, 11) is 0. The molecule has 2 heterocycles. The summed E-state index contributed by atoms with van der Waals surface area (Å²) in [5, 5.41) is 10.3. The molecule has 4 heteroatoms. The Bertz CT molecular complexity index is 636. The number of benzene rings is 1. The average Bonchev–Trinajstić information content (AvgIpc) is 2.46. The second kappa shape index (κ2) is 4.87. The summed E-state index contributed by atoms with van der Waals surface area (Å²) in [5.41, 5.74) is 7.51. The Labute approximate surface area is 112 Å². The van der Waals surface area contributed by atoms with Gasteiger partial charge in [-0.25, -0.2) is 4.98 Å². The van der Waals surface area contributed by atoms with Gasteiger partial charge in [-0.15, -0.1) is 0 Å². The monoisotopic (exact) mass is 252 g/mol. The van der Waals surface area contributed by atoms with E-state index in [-0.39, 0.29) is 6.04 Å². The summed E-state index contributed by atoms with van der Waals surface area (Å²) < 4.78 is 0. The van der Waals surface area contributed by atoms with Crippen LogP contribution in [0.5, 0.6) is 0 Å². The minimum absolute atomic E-state index is 0.280. The summed E-state index contributed by atoms with van der Waals surface area (Å²) in [5.74, 6) is 0.799. The van der Waals surface area contributed by atoms with Crippen molar-refractivity contribution in [2.45, 2.75) is 18.9 Å². The number of piperidine rings is 1. The van der Waals surface area contributed by atoms with Gasteiger partial charge in [0.1, 0.15) is 11.9 Å². The maximum absolute atomic E-state index is 9.32. The average molecular weight is 252 g/mol. The molecule has 1 fully saturated rings. The zero-order chi connectivity index (χ0) is 13.2. The van der Waals surface area contributed by atoms with Gasteiger partial charge in [-0.05, 0) is 25.0 Å². The number of nitrogens with zero attached hydrogens (tertiary/aromatic N) is 3. The van der Waals surface area contributed by atoms with Gasteiger partial charge in [0, 0.05) is 24.5 Å². The first-order valence-electron chi connectivity index (χ1n) is 6.58. The predicted molar refractivity (Wildman–Crippen MR) is 75.9 cm³/mol. The van der Waals surface area contributed by atoms with Crippen molar-refractivity contribution in [1.29, 1.82) is 5.26 Å². The van der Waals surface area contributed by atoms with Crippen LogP contribution in [0.1, 0.15) is 18.4 Å². The van der Waals surface area contributed by atoms with Crippen LogP contribution in [0.15, 0.2) is 30.3 Å². The molecule has 0 atom stereocenters. The van der Waals surface area contributed by atoms with Crippen LogP contribution in [0.3, 0.4) is 0 Å². The van der Waals surface area contributed by atoms with Crippen LogP contribution >= 0.6 is 0 Å². The highest BCUT2D eigenvalue weighted by molar-refractivity contribution is 5.83. The van der Waals surface area contributed by atoms with Crippen molar-refractivity contribution in [1.82, 2.24) is 4.98 Å². The number of nitrogens with two attached hydrogens (primary N) is 1. The Morgan fingerprint density at radius 1 is 1.26 bits per heavy atom.